The van der Waals surface area contributed by atoms with E-state index in [9.17, 15) is 4.79 Å². The van der Waals surface area contributed by atoms with Crippen LogP contribution < -0.4 is 4.74 Å². The van der Waals surface area contributed by atoms with Crippen LogP contribution in [-0.2, 0) is 12.8 Å². The van der Waals surface area contributed by atoms with Gasteiger partial charge in [-0.15, -0.1) is 11.3 Å². The molecule has 2 aromatic carbocycles. The number of carbonyl (C=O) groups excluding carboxylic acids is 1. The molecule has 212 valence electrons. The minimum Gasteiger partial charge on any atom is -0.422 e. The van der Waals surface area contributed by atoms with Gasteiger partial charge in [-0.05, 0) is 66.6 Å². The Morgan fingerprint density at radius 3 is 1.62 bits per heavy atom. The Labute approximate surface area is 242 Å². The van der Waals surface area contributed by atoms with Crippen LogP contribution in [0.15, 0.2) is 60.7 Å². The van der Waals surface area contributed by atoms with E-state index in [4.69, 9.17) is 4.74 Å². The molecule has 0 aliphatic carbocycles. The monoisotopic (exact) mass is 546 g/mol. The topological polar surface area (TPSA) is 26.3 Å². The Balaban J connectivity index is 1.37. The van der Waals surface area contributed by atoms with E-state index < -0.39 is 0 Å². The van der Waals surface area contributed by atoms with Crippen LogP contribution in [0, 0.1) is 0 Å². The van der Waals surface area contributed by atoms with E-state index in [1.54, 1.807) is 11.3 Å². The second-order valence-electron chi connectivity index (χ2n) is 11.0. The summed E-state index contributed by atoms with van der Waals surface area (Å²) in [6.45, 7) is 4.53. The van der Waals surface area contributed by atoms with Crippen molar-refractivity contribution in [2.45, 2.75) is 123 Å². The molecule has 39 heavy (non-hydrogen) atoms. The zero-order valence-electron chi connectivity index (χ0n) is 24.5. The Hall–Kier alpha value is -2.39. The average Bonchev–Trinajstić information content (AvgIpc) is 3.44. The van der Waals surface area contributed by atoms with Gasteiger partial charge in [0.05, 0.1) is 0 Å². The van der Waals surface area contributed by atoms with Crippen LogP contribution >= 0.6 is 11.3 Å². The third-order valence-corrected chi connectivity index (χ3v) is 8.69. The molecule has 0 unspecified atom stereocenters. The van der Waals surface area contributed by atoms with E-state index in [0.29, 0.717) is 10.6 Å². The molecule has 0 aliphatic rings. The summed E-state index contributed by atoms with van der Waals surface area (Å²) in [5.41, 5.74) is 3.75. The second-order valence-corrected chi connectivity index (χ2v) is 12.1. The Kier molecular flexibility index (Phi) is 15.0. The van der Waals surface area contributed by atoms with E-state index in [1.165, 1.54) is 112 Å². The normalized spacial score (nSPS) is 11.1. The molecule has 0 aliphatic heterocycles. The van der Waals surface area contributed by atoms with Gasteiger partial charge in [-0.25, -0.2) is 4.79 Å². The standard InChI is InChI=1S/C36H50O2S/c1-3-5-7-9-11-13-14-16-18-30-20-22-31(23-21-30)32-24-26-33(27-25-32)38-36(37)35-29-28-34(39-35)19-17-15-12-10-8-6-4-2/h20-29H,3-19H2,1-2H3. The molecule has 3 aromatic rings. The largest absolute Gasteiger partial charge is 0.422 e. The Bertz CT molecular complexity index is 1050. The molecule has 2 nitrogen and oxygen atoms in total. The molecule has 0 radical (unpaired) electrons. The van der Waals surface area contributed by atoms with Crippen molar-refractivity contribution in [2.24, 2.45) is 0 Å². The van der Waals surface area contributed by atoms with Gasteiger partial charge >= 0.3 is 5.97 Å². The van der Waals surface area contributed by atoms with Crippen molar-refractivity contribution < 1.29 is 9.53 Å². The van der Waals surface area contributed by atoms with Gasteiger partial charge in [0.1, 0.15) is 10.6 Å². The molecular weight excluding hydrogens is 496 g/mol. The van der Waals surface area contributed by atoms with Crippen molar-refractivity contribution in [2.75, 3.05) is 0 Å². The van der Waals surface area contributed by atoms with Crippen molar-refractivity contribution in [1.29, 1.82) is 0 Å². The quantitative estimate of drug-likeness (QED) is 0.0800. The van der Waals surface area contributed by atoms with Gasteiger partial charge < -0.3 is 4.74 Å². The molecule has 3 heteroatoms. The van der Waals surface area contributed by atoms with Crippen molar-refractivity contribution in [3.8, 4) is 16.9 Å². The van der Waals surface area contributed by atoms with E-state index in [1.807, 2.05) is 30.3 Å². The minimum absolute atomic E-state index is 0.260. The van der Waals surface area contributed by atoms with Gasteiger partial charge in [-0.2, -0.15) is 0 Å². The second kappa shape index (κ2) is 18.8. The lowest BCUT2D eigenvalue weighted by Crippen LogP contribution is -2.06. The molecule has 0 N–H and O–H groups in total. The third kappa shape index (κ3) is 12.1. The highest BCUT2D eigenvalue weighted by Gasteiger charge is 2.12. The van der Waals surface area contributed by atoms with Crippen molar-refractivity contribution in [1.82, 2.24) is 0 Å². The van der Waals surface area contributed by atoms with E-state index >= 15 is 0 Å². The van der Waals surface area contributed by atoms with Crippen LogP contribution in [0.3, 0.4) is 0 Å². The van der Waals surface area contributed by atoms with E-state index in [-0.39, 0.29) is 5.97 Å². The van der Waals surface area contributed by atoms with Gasteiger partial charge in [-0.1, -0.05) is 134 Å². The number of thiophene rings is 1. The van der Waals surface area contributed by atoms with E-state index in [2.05, 4.69) is 44.2 Å². The highest BCUT2D eigenvalue weighted by Crippen LogP contribution is 2.25. The smallest absolute Gasteiger partial charge is 0.353 e. The average molecular weight is 547 g/mol. The molecule has 0 spiro atoms. The summed E-state index contributed by atoms with van der Waals surface area (Å²) in [6.07, 6.45) is 22.2. The summed E-state index contributed by atoms with van der Waals surface area (Å²) in [5.74, 6) is 0.334. The highest BCUT2D eigenvalue weighted by molar-refractivity contribution is 7.13. The molecule has 0 fully saturated rings. The predicted octanol–water partition coefficient (Wildman–Crippen LogP) is 11.6. The number of hydrogen-bond donors (Lipinski definition) is 0. The number of ether oxygens (including phenoxy) is 1. The number of aryl methyl sites for hydroxylation is 2. The lowest BCUT2D eigenvalue weighted by molar-refractivity contribution is 0.0740. The number of hydrogen-bond acceptors (Lipinski definition) is 3. The summed E-state index contributed by atoms with van der Waals surface area (Å²) in [7, 11) is 0. The van der Waals surface area contributed by atoms with Crippen LogP contribution in [-0.4, -0.2) is 5.97 Å². The molecule has 1 heterocycles. The van der Waals surface area contributed by atoms with Crippen LogP contribution in [0.1, 0.15) is 130 Å². The molecule has 0 saturated heterocycles. The first kappa shape index (κ1) is 31.1. The van der Waals surface area contributed by atoms with E-state index in [0.717, 1.165) is 18.4 Å². The summed E-state index contributed by atoms with van der Waals surface area (Å²) in [5, 5.41) is 0. The van der Waals surface area contributed by atoms with Gasteiger partial charge in [0.2, 0.25) is 0 Å². The van der Waals surface area contributed by atoms with Gasteiger partial charge in [0.25, 0.3) is 0 Å². The fraction of sp³-hybridized carbons (Fsp3) is 0.528. The molecule has 1 aromatic heterocycles. The Morgan fingerprint density at radius 1 is 0.564 bits per heavy atom. The van der Waals surface area contributed by atoms with Crippen LogP contribution in [0.5, 0.6) is 5.75 Å². The molecule has 0 bridgehead atoms. The maximum absolute atomic E-state index is 12.7. The number of unbranched alkanes of at least 4 members (excludes halogenated alkanes) is 13. The molecular formula is C36H50O2S. The predicted molar refractivity (Wildman–Crippen MR) is 169 cm³/mol. The van der Waals surface area contributed by atoms with Crippen LogP contribution in [0.4, 0.5) is 0 Å². The number of benzene rings is 2. The lowest BCUT2D eigenvalue weighted by atomic mass is 10.0. The number of esters is 1. The molecule has 3 rings (SSSR count). The summed E-state index contributed by atoms with van der Waals surface area (Å²) < 4.78 is 5.67. The highest BCUT2D eigenvalue weighted by atomic mass is 32.1. The van der Waals surface area contributed by atoms with Gasteiger partial charge in [-0.3, -0.25) is 0 Å². The Morgan fingerprint density at radius 2 is 1.05 bits per heavy atom. The van der Waals surface area contributed by atoms with Crippen molar-refractivity contribution in [3.05, 3.63) is 76.0 Å². The van der Waals surface area contributed by atoms with Gasteiger partial charge in [0.15, 0.2) is 0 Å². The van der Waals surface area contributed by atoms with Crippen LogP contribution in [0.2, 0.25) is 0 Å². The first-order chi connectivity index (χ1) is 19.2. The van der Waals surface area contributed by atoms with Crippen LogP contribution in [0.25, 0.3) is 11.1 Å². The SMILES string of the molecule is CCCCCCCCCCc1ccc(-c2ccc(OC(=O)c3ccc(CCCCCCCCC)s3)cc2)cc1. The summed E-state index contributed by atoms with van der Waals surface area (Å²) in [6, 6.07) is 20.8. The molecule has 0 atom stereocenters. The fourth-order valence-corrected chi connectivity index (χ4v) is 6.00. The molecule has 0 saturated carbocycles. The zero-order valence-corrected chi connectivity index (χ0v) is 25.3. The number of carbonyl (C=O) groups is 1. The maximum Gasteiger partial charge on any atom is 0.353 e. The van der Waals surface area contributed by atoms with Gasteiger partial charge in [0, 0.05) is 4.88 Å². The maximum atomic E-state index is 12.7. The first-order valence-corrected chi connectivity index (χ1v) is 16.5. The first-order valence-electron chi connectivity index (χ1n) is 15.7. The van der Waals surface area contributed by atoms with Crippen molar-refractivity contribution >= 4 is 17.3 Å². The zero-order chi connectivity index (χ0) is 27.5. The minimum atomic E-state index is -0.260. The summed E-state index contributed by atoms with van der Waals surface area (Å²) in [4.78, 5) is 14.6. The number of rotatable bonds is 20. The van der Waals surface area contributed by atoms with Crippen molar-refractivity contribution in [3.63, 3.8) is 0 Å². The third-order valence-electron chi connectivity index (χ3n) is 7.56. The summed E-state index contributed by atoms with van der Waals surface area (Å²) >= 11 is 1.57. The fourth-order valence-electron chi connectivity index (χ4n) is 5.08. The lowest BCUT2D eigenvalue weighted by Gasteiger charge is -2.07. The molecule has 0 amide bonds.